The number of carboxylic acid groups (broad SMARTS) is 1. The topological polar surface area (TPSA) is 59.3 Å². The SMILES string of the molecule is Cc1csc(=O)n1Cc1ccccc1CC(=O)O. The molecule has 5 heteroatoms. The van der Waals surface area contributed by atoms with E-state index in [0.29, 0.717) is 6.54 Å². The van der Waals surface area contributed by atoms with Crippen LogP contribution in [0.1, 0.15) is 16.8 Å². The van der Waals surface area contributed by atoms with Crippen molar-refractivity contribution in [3.8, 4) is 0 Å². The van der Waals surface area contributed by atoms with Crippen LogP contribution < -0.4 is 4.87 Å². The van der Waals surface area contributed by atoms with Crippen molar-refractivity contribution in [2.45, 2.75) is 19.9 Å². The number of aryl methyl sites for hydroxylation is 1. The van der Waals surface area contributed by atoms with Gasteiger partial charge in [-0.05, 0) is 18.1 Å². The van der Waals surface area contributed by atoms with Crippen molar-refractivity contribution < 1.29 is 9.90 Å². The molecule has 18 heavy (non-hydrogen) atoms. The highest BCUT2D eigenvalue weighted by Crippen LogP contribution is 2.12. The molecule has 1 aromatic heterocycles. The summed E-state index contributed by atoms with van der Waals surface area (Å²) in [4.78, 5) is 22.4. The summed E-state index contributed by atoms with van der Waals surface area (Å²) >= 11 is 1.16. The third-order valence-electron chi connectivity index (χ3n) is 2.76. The van der Waals surface area contributed by atoms with Crippen LogP contribution in [0.25, 0.3) is 0 Å². The monoisotopic (exact) mass is 263 g/mol. The van der Waals surface area contributed by atoms with Gasteiger partial charge in [-0.3, -0.25) is 14.2 Å². The van der Waals surface area contributed by atoms with Gasteiger partial charge >= 0.3 is 10.8 Å². The van der Waals surface area contributed by atoms with E-state index in [2.05, 4.69) is 0 Å². The van der Waals surface area contributed by atoms with Crippen molar-refractivity contribution in [2.24, 2.45) is 0 Å². The largest absolute Gasteiger partial charge is 0.481 e. The molecule has 0 atom stereocenters. The maximum Gasteiger partial charge on any atom is 0.307 e. The Morgan fingerprint density at radius 3 is 2.56 bits per heavy atom. The van der Waals surface area contributed by atoms with E-state index >= 15 is 0 Å². The average Bonchev–Trinajstić information content (AvgIpc) is 2.62. The Balaban J connectivity index is 2.35. The normalized spacial score (nSPS) is 10.5. The summed E-state index contributed by atoms with van der Waals surface area (Å²) in [6.45, 7) is 2.30. The summed E-state index contributed by atoms with van der Waals surface area (Å²) < 4.78 is 1.66. The maximum atomic E-state index is 11.6. The zero-order chi connectivity index (χ0) is 13.1. The Hall–Kier alpha value is -1.88. The smallest absolute Gasteiger partial charge is 0.307 e. The Bertz CT molecular complexity index is 627. The molecular weight excluding hydrogens is 250 g/mol. The fourth-order valence-corrected chi connectivity index (χ4v) is 2.55. The lowest BCUT2D eigenvalue weighted by Crippen LogP contribution is -2.16. The summed E-state index contributed by atoms with van der Waals surface area (Å²) in [5.41, 5.74) is 2.53. The lowest BCUT2D eigenvalue weighted by Gasteiger charge is -2.09. The molecule has 4 nitrogen and oxygen atoms in total. The molecule has 2 rings (SSSR count). The van der Waals surface area contributed by atoms with Gasteiger partial charge in [0.15, 0.2) is 0 Å². The van der Waals surface area contributed by atoms with Crippen LogP contribution in [-0.4, -0.2) is 15.6 Å². The van der Waals surface area contributed by atoms with Crippen LogP contribution in [0.3, 0.4) is 0 Å². The number of rotatable bonds is 4. The first-order valence-electron chi connectivity index (χ1n) is 5.51. The van der Waals surface area contributed by atoms with Gasteiger partial charge in [-0.2, -0.15) is 0 Å². The predicted octanol–water partition coefficient (Wildman–Crippen LogP) is 1.89. The van der Waals surface area contributed by atoms with Gasteiger partial charge in [0.2, 0.25) is 0 Å². The molecule has 2 aromatic rings. The van der Waals surface area contributed by atoms with Crippen LogP contribution >= 0.6 is 11.3 Å². The minimum atomic E-state index is -0.864. The Kier molecular flexibility index (Phi) is 3.62. The molecule has 0 saturated carbocycles. The Morgan fingerprint density at radius 2 is 2.00 bits per heavy atom. The molecule has 0 unspecified atom stereocenters. The number of aliphatic carboxylic acids is 1. The number of hydrogen-bond donors (Lipinski definition) is 1. The van der Waals surface area contributed by atoms with E-state index < -0.39 is 5.97 Å². The molecule has 1 heterocycles. The second-order valence-corrected chi connectivity index (χ2v) is 4.89. The molecule has 0 aliphatic carbocycles. The van der Waals surface area contributed by atoms with Crippen molar-refractivity contribution in [3.63, 3.8) is 0 Å². The van der Waals surface area contributed by atoms with Gasteiger partial charge in [0.05, 0.1) is 13.0 Å². The fraction of sp³-hybridized carbons (Fsp3) is 0.231. The molecule has 0 aliphatic rings. The second kappa shape index (κ2) is 5.18. The van der Waals surface area contributed by atoms with Gasteiger partial charge in [0.1, 0.15) is 0 Å². The van der Waals surface area contributed by atoms with Crippen LogP contribution in [0.5, 0.6) is 0 Å². The molecular formula is C13H13NO3S. The molecule has 0 radical (unpaired) electrons. The zero-order valence-electron chi connectivity index (χ0n) is 9.92. The summed E-state index contributed by atoms with van der Waals surface area (Å²) in [7, 11) is 0. The van der Waals surface area contributed by atoms with Crippen molar-refractivity contribution in [1.29, 1.82) is 0 Å². The first-order chi connectivity index (χ1) is 8.58. The lowest BCUT2D eigenvalue weighted by molar-refractivity contribution is -0.136. The quantitative estimate of drug-likeness (QED) is 0.916. The standard InChI is InChI=1S/C13H13NO3S/c1-9-8-18-13(17)14(9)7-11-5-3-2-4-10(11)6-12(15)16/h2-5,8H,6-7H2,1H3,(H,15,16). The van der Waals surface area contributed by atoms with E-state index in [9.17, 15) is 9.59 Å². The first-order valence-corrected chi connectivity index (χ1v) is 6.39. The van der Waals surface area contributed by atoms with Crippen molar-refractivity contribution in [3.05, 3.63) is 56.1 Å². The molecule has 0 fully saturated rings. The number of benzene rings is 1. The summed E-state index contributed by atoms with van der Waals surface area (Å²) in [6.07, 6.45) is -0.0197. The first kappa shape index (κ1) is 12.6. The van der Waals surface area contributed by atoms with Crippen LogP contribution in [0.4, 0.5) is 0 Å². The summed E-state index contributed by atoms with van der Waals surface area (Å²) in [6, 6.07) is 7.32. The molecule has 0 bridgehead atoms. The minimum Gasteiger partial charge on any atom is -0.481 e. The van der Waals surface area contributed by atoms with Gasteiger partial charge in [0, 0.05) is 11.1 Å². The molecule has 0 amide bonds. The van der Waals surface area contributed by atoms with Gasteiger partial charge in [-0.15, -0.1) is 0 Å². The predicted molar refractivity (Wildman–Crippen MR) is 70.2 cm³/mol. The molecule has 1 aromatic carbocycles. The molecule has 94 valence electrons. The van der Waals surface area contributed by atoms with E-state index in [4.69, 9.17) is 5.11 Å². The Labute approximate surface area is 108 Å². The van der Waals surface area contributed by atoms with E-state index in [1.807, 2.05) is 30.5 Å². The summed E-state index contributed by atoms with van der Waals surface area (Å²) in [5, 5.41) is 10.7. The van der Waals surface area contributed by atoms with Gasteiger partial charge in [0.25, 0.3) is 0 Å². The van der Waals surface area contributed by atoms with Crippen LogP contribution in [0.2, 0.25) is 0 Å². The van der Waals surface area contributed by atoms with Crippen LogP contribution in [0.15, 0.2) is 34.4 Å². The van der Waals surface area contributed by atoms with E-state index in [-0.39, 0.29) is 11.3 Å². The average molecular weight is 263 g/mol. The number of carboxylic acids is 1. The number of carbonyl (C=O) groups is 1. The number of hydrogen-bond acceptors (Lipinski definition) is 3. The van der Waals surface area contributed by atoms with Gasteiger partial charge < -0.3 is 5.11 Å². The minimum absolute atomic E-state index is 0.0161. The van der Waals surface area contributed by atoms with Crippen LogP contribution in [0, 0.1) is 6.92 Å². The lowest BCUT2D eigenvalue weighted by atomic mass is 10.0. The van der Waals surface area contributed by atoms with E-state index in [1.54, 1.807) is 10.6 Å². The van der Waals surface area contributed by atoms with Crippen LogP contribution in [-0.2, 0) is 17.8 Å². The third kappa shape index (κ3) is 2.68. The molecule has 0 spiro atoms. The van der Waals surface area contributed by atoms with Gasteiger partial charge in [-0.25, -0.2) is 0 Å². The van der Waals surface area contributed by atoms with E-state index in [1.165, 1.54) is 0 Å². The zero-order valence-corrected chi connectivity index (χ0v) is 10.7. The van der Waals surface area contributed by atoms with Gasteiger partial charge in [-0.1, -0.05) is 35.6 Å². The van der Waals surface area contributed by atoms with E-state index in [0.717, 1.165) is 28.2 Å². The highest BCUT2D eigenvalue weighted by molar-refractivity contribution is 7.07. The highest BCUT2D eigenvalue weighted by Gasteiger charge is 2.09. The summed E-state index contributed by atoms with van der Waals surface area (Å²) in [5.74, 6) is -0.864. The van der Waals surface area contributed by atoms with Crippen molar-refractivity contribution in [1.82, 2.24) is 4.57 Å². The number of aromatic nitrogens is 1. The maximum absolute atomic E-state index is 11.6. The fourth-order valence-electron chi connectivity index (χ4n) is 1.81. The third-order valence-corrected chi connectivity index (χ3v) is 3.65. The number of nitrogens with zero attached hydrogens (tertiary/aromatic N) is 1. The highest BCUT2D eigenvalue weighted by atomic mass is 32.1. The second-order valence-electron chi connectivity index (χ2n) is 4.07. The number of thiazole rings is 1. The molecule has 0 saturated heterocycles. The van der Waals surface area contributed by atoms with Crippen molar-refractivity contribution >= 4 is 17.3 Å². The Morgan fingerprint density at radius 1 is 1.33 bits per heavy atom. The van der Waals surface area contributed by atoms with Crippen molar-refractivity contribution in [2.75, 3.05) is 0 Å². The molecule has 0 aliphatic heterocycles. The molecule has 1 N–H and O–H groups in total.